The number of nitrogens with one attached hydrogen (secondary N) is 1. The molecule has 0 fully saturated rings. The lowest BCUT2D eigenvalue weighted by atomic mass is 10.0. The van der Waals surface area contributed by atoms with Crippen molar-refractivity contribution in [2.45, 2.75) is 46.6 Å². The van der Waals surface area contributed by atoms with E-state index in [0.717, 1.165) is 5.56 Å². The molecule has 1 unspecified atom stereocenters. The van der Waals surface area contributed by atoms with Gasteiger partial charge in [0.1, 0.15) is 17.6 Å². The van der Waals surface area contributed by atoms with Crippen LogP contribution in [0.1, 0.15) is 69.1 Å². The topological polar surface area (TPSA) is 83.6 Å². The number of allylic oxidation sites excluding steroid dienone is 1. The Bertz CT molecular complexity index is 1190. The van der Waals surface area contributed by atoms with Gasteiger partial charge in [-0.05, 0) is 61.4 Å². The molecular weight excluding hydrogens is 429 g/mol. The first kappa shape index (κ1) is 26.2. The molecule has 0 saturated heterocycles. The molecular formula is C27H30FN5O. The molecule has 34 heavy (non-hydrogen) atoms. The molecule has 2 aromatic heterocycles. The van der Waals surface area contributed by atoms with Crippen LogP contribution in [0, 0.1) is 17.1 Å². The van der Waals surface area contributed by atoms with E-state index < -0.39 is 0 Å². The van der Waals surface area contributed by atoms with Gasteiger partial charge in [-0.2, -0.15) is 10.4 Å². The summed E-state index contributed by atoms with van der Waals surface area (Å²) in [6.45, 7) is 11.8. The summed E-state index contributed by atoms with van der Waals surface area (Å²) in [7, 11) is 0. The molecule has 0 saturated carbocycles. The van der Waals surface area contributed by atoms with E-state index in [9.17, 15) is 9.18 Å². The fraction of sp³-hybridized carbons (Fsp3) is 0.259. The highest BCUT2D eigenvalue weighted by molar-refractivity contribution is 6.20. The van der Waals surface area contributed by atoms with Gasteiger partial charge < -0.3 is 5.32 Å². The molecule has 1 N–H and O–H groups in total. The monoisotopic (exact) mass is 459 g/mol. The summed E-state index contributed by atoms with van der Waals surface area (Å²) in [6, 6.07) is 11.1. The van der Waals surface area contributed by atoms with Crippen LogP contribution >= 0.6 is 0 Å². The van der Waals surface area contributed by atoms with Crippen molar-refractivity contribution in [2.24, 2.45) is 0 Å². The molecule has 176 valence electrons. The number of rotatable bonds is 7. The van der Waals surface area contributed by atoms with Crippen molar-refractivity contribution < 1.29 is 9.18 Å². The van der Waals surface area contributed by atoms with Crippen molar-refractivity contribution in [2.75, 3.05) is 0 Å². The summed E-state index contributed by atoms with van der Waals surface area (Å²) in [5.41, 5.74) is 3.44. The third-order valence-electron chi connectivity index (χ3n) is 4.91. The second kappa shape index (κ2) is 12.9. The number of nitrogens with zero attached hydrogens (tertiary/aromatic N) is 4. The number of aromatic nitrogens is 3. The van der Waals surface area contributed by atoms with E-state index in [0.29, 0.717) is 34.6 Å². The van der Waals surface area contributed by atoms with Crippen LogP contribution in [0.4, 0.5) is 4.39 Å². The molecule has 0 spiro atoms. The highest BCUT2D eigenvalue weighted by Gasteiger charge is 2.21. The van der Waals surface area contributed by atoms with Crippen molar-refractivity contribution in [3.8, 4) is 11.8 Å². The second-order valence-corrected chi connectivity index (χ2v) is 7.47. The first-order valence-electron chi connectivity index (χ1n) is 11.2. The van der Waals surface area contributed by atoms with Crippen molar-refractivity contribution in [3.63, 3.8) is 0 Å². The number of carbonyl (C=O) groups is 1. The summed E-state index contributed by atoms with van der Waals surface area (Å²) in [5, 5.41) is 16.5. The molecule has 1 aromatic carbocycles. The Balaban J connectivity index is 0.00000129. The fourth-order valence-corrected chi connectivity index (χ4v) is 3.34. The maximum atomic E-state index is 13.3. The van der Waals surface area contributed by atoms with Gasteiger partial charge in [0.2, 0.25) is 0 Å². The number of hydrogen-bond acceptors (Lipinski definition) is 4. The van der Waals surface area contributed by atoms with E-state index in [1.165, 1.54) is 18.6 Å². The molecule has 1 amide bonds. The van der Waals surface area contributed by atoms with Crippen molar-refractivity contribution in [1.29, 1.82) is 5.26 Å². The van der Waals surface area contributed by atoms with E-state index in [1.54, 1.807) is 60.4 Å². The molecule has 0 radical (unpaired) electrons. The van der Waals surface area contributed by atoms with Crippen LogP contribution in [-0.2, 0) is 4.79 Å². The standard InChI is InChI=1S/C24H22FN5O.C3H8/c1-4-20(24(31)29-22(5-2)16-11-12-27-18(13-16)14-26)21-15-28-30(23(21)6-3)19-9-7-17(25)8-10-19;1-3-2/h4,6-13,15,22H,3,5H2,1-2H3,(H,29,31);3H2,1-2H3/b20-4+;. The third-order valence-corrected chi connectivity index (χ3v) is 4.91. The Morgan fingerprint density at radius 2 is 1.94 bits per heavy atom. The number of benzene rings is 1. The molecule has 0 bridgehead atoms. The zero-order valence-electron chi connectivity index (χ0n) is 20.0. The van der Waals surface area contributed by atoms with Gasteiger partial charge in [0, 0.05) is 17.3 Å². The van der Waals surface area contributed by atoms with Gasteiger partial charge in [0.05, 0.1) is 23.6 Å². The van der Waals surface area contributed by atoms with Gasteiger partial charge in [-0.25, -0.2) is 14.1 Å². The zero-order valence-corrected chi connectivity index (χ0v) is 20.0. The van der Waals surface area contributed by atoms with Crippen LogP contribution in [0.15, 0.2) is 61.4 Å². The second-order valence-electron chi connectivity index (χ2n) is 7.47. The normalized spacial score (nSPS) is 11.6. The van der Waals surface area contributed by atoms with Crippen LogP contribution in [0.2, 0.25) is 0 Å². The first-order chi connectivity index (χ1) is 16.4. The number of nitriles is 1. The number of hydrogen-bond donors (Lipinski definition) is 1. The smallest absolute Gasteiger partial charge is 0.252 e. The van der Waals surface area contributed by atoms with Gasteiger partial charge in [-0.15, -0.1) is 0 Å². The van der Waals surface area contributed by atoms with E-state index in [4.69, 9.17) is 5.26 Å². The average Bonchev–Trinajstić information content (AvgIpc) is 3.27. The predicted octanol–water partition coefficient (Wildman–Crippen LogP) is 6.01. The lowest BCUT2D eigenvalue weighted by Gasteiger charge is -2.19. The Morgan fingerprint density at radius 3 is 2.50 bits per heavy atom. The minimum Gasteiger partial charge on any atom is -0.345 e. The molecule has 7 heteroatoms. The predicted molar refractivity (Wildman–Crippen MR) is 133 cm³/mol. The van der Waals surface area contributed by atoms with Gasteiger partial charge in [-0.1, -0.05) is 39.8 Å². The first-order valence-corrected chi connectivity index (χ1v) is 11.2. The molecule has 0 aliphatic carbocycles. The van der Waals surface area contributed by atoms with Gasteiger partial charge in [-0.3, -0.25) is 4.79 Å². The van der Waals surface area contributed by atoms with Crippen LogP contribution < -0.4 is 5.32 Å². The highest BCUT2D eigenvalue weighted by atomic mass is 19.1. The number of halogens is 1. The molecule has 0 aliphatic rings. The molecule has 1 atom stereocenters. The molecule has 0 aliphatic heterocycles. The molecule has 6 nitrogen and oxygen atoms in total. The number of pyridine rings is 1. The van der Waals surface area contributed by atoms with Crippen LogP contribution in [0.3, 0.4) is 0 Å². The average molecular weight is 460 g/mol. The zero-order chi connectivity index (χ0) is 25.1. The van der Waals surface area contributed by atoms with E-state index in [1.807, 2.05) is 13.0 Å². The highest BCUT2D eigenvalue weighted by Crippen LogP contribution is 2.25. The molecule has 2 heterocycles. The van der Waals surface area contributed by atoms with Gasteiger partial charge >= 0.3 is 0 Å². The summed E-state index contributed by atoms with van der Waals surface area (Å²) in [4.78, 5) is 17.1. The Morgan fingerprint density at radius 1 is 1.26 bits per heavy atom. The largest absolute Gasteiger partial charge is 0.345 e. The molecule has 3 rings (SSSR count). The van der Waals surface area contributed by atoms with Crippen LogP contribution in [0.25, 0.3) is 17.3 Å². The SMILES string of the molecule is C=Cc1c(/C(=C\C)C(=O)NC(CC)c2ccnc(C#N)c2)cnn1-c1ccc(F)cc1.CCC. The van der Waals surface area contributed by atoms with Crippen molar-refractivity contribution >= 4 is 17.6 Å². The minimum absolute atomic E-state index is 0.272. The Kier molecular flexibility index (Phi) is 9.90. The Labute approximate surface area is 200 Å². The Hall–Kier alpha value is -4.05. The van der Waals surface area contributed by atoms with Gasteiger partial charge in [0.15, 0.2) is 0 Å². The van der Waals surface area contributed by atoms with E-state index in [2.05, 4.69) is 35.8 Å². The van der Waals surface area contributed by atoms with Crippen LogP contribution in [-0.4, -0.2) is 20.7 Å². The summed E-state index contributed by atoms with van der Waals surface area (Å²) in [5.74, 6) is -0.613. The lowest BCUT2D eigenvalue weighted by Crippen LogP contribution is -2.29. The maximum absolute atomic E-state index is 13.3. The van der Waals surface area contributed by atoms with Gasteiger partial charge in [0.25, 0.3) is 5.91 Å². The fourth-order valence-electron chi connectivity index (χ4n) is 3.34. The summed E-state index contributed by atoms with van der Waals surface area (Å²) < 4.78 is 14.9. The third kappa shape index (κ3) is 6.26. The molecule has 3 aromatic rings. The minimum atomic E-state index is -0.342. The number of carbonyl (C=O) groups excluding carboxylic acids is 1. The van der Waals surface area contributed by atoms with Crippen LogP contribution in [0.5, 0.6) is 0 Å². The summed E-state index contributed by atoms with van der Waals surface area (Å²) in [6.07, 6.45) is 8.37. The maximum Gasteiger partial charge on any atom is 0.252 e. The van der Waals surface area contributed by atoms with E-state index in [-0.39, 0.29) is 17.8 Å². The van der Waals surface area contributed by atoms with Crippen molar-refractivity contribution in [1.82, 2.24) is 20.1 Å². The summed E-state index contributed by atoms with van der Waals surface area (Å²) >= 11 is 0. The quantitative estimate of drug-likeness (QED) is 0.439. The van der Waals surface area contributed by atoms with E-state index >= 15 is 0 Å². The number of amides is 1. The lowest BCUT2D eigenvalue weighted by molar-refractivity contribution is -0.116. The van der Waals surface area contributed by atoms with Crippen molar-refractivity contribution in [3.05, 3.63) is 89.8 Å².